The van der Waals surface area contributed by atoms with Crippen molar-refractivity contribution in [2.45, 2.75) is 19.4 Å². The van der Waals surface area contributed by atoms with Crippen LogP contribution in [0.2, 0.25) is 0 Å². The molecule has 0 aliphatic heterocycles. The van der Waals surface area contributed by atoms with E-state index < -0.39 is 23.3 Å². The molecule has 0 spiro atoms. The number of aliphatic hydroxyl groups excluding tert-OH is 1. The second kappa shape index (κ2) is 4.28. The molecule has 1 aromatic rings. The van der Waals surface area contributed by atoms with E-state index in [1.165, 1.54) is 6.92 Å². The Labute approximate surface area is 80.2 Å². The highest BCUT2D eigenvalue weighted by Crippen LogP contribution is 2.14. The lowest BCUT2D eigenvalue weighted by Gasteiger charge is -2.05. The van der Waals surface area contributed by atoms with E-state index in [-0.39, 0.29) is 12.7 Å². The first-order chi connectivity index (χ1) is 6.54. The van der Waals surface area contributed by atoms with Gasteiger partial charge in [0.25, 0.3) is 0 Å². The third-order valence-corrected chi connectivity index (χ3v) is 1.79. The lowest BCUT2D eigenvalue weighted by atomic mass is 10.1. The van der Waals surface area contributed by atoms with Gasteiger partial charge in [-0.1, -0.05) is 0 Å². The molecule has 0 saturated carbocycles. The molecule has 1 unspecified atom stereocenters. The van der Waals surface area contributed by atoms with E-state index in [2.05, 4.69) is 0 Å². The third kappa shape index (κ3) is 2.35. The van der Waals surface area contributed by atoms with Crippen molar-refractivity contribution >= 4 is 6.29 Å². The standard InChI is InChI=1S/C10H10F2O2/c1-6(14)2-7-3-9(11)8(5-13)10(12)4-7/h3-6,14H,2H2,1H3. The van der Waals surface area contributed by atoms with Gasteiger partial charge in [0.2, 0.25) is 0 Å². The molecule has 0 aliphatic carbocycles. The maximum absolute atomic E-state index is 13.0. The second-order valence-electron chi connectivity index (χ2n) is 3.14. The van der Waals surface area contributed by atoms with Gasteiger partial charge in [0.1, 0.15) is 11.6 Å². The van der Waals surface area contributed by atoms with Crippen molar-refractivity contribution in [1.29, 1.82) is 0 Å². The first-order valence-electron chi connectivity index (χ1n) is 4.15. The number of aldehydes is 1. The zero-order chi connectivity index (χ0) is 10.7. The van der Waals surface area contributed by atoms with Crippen molar-refractivity contribution in [3.63, 3.8) is 0 Å². The van der Waals surface area contributed by atoms with Crippen LogP contribution in [0.15, 0.2) is 12.1 Å². The summed E-state index contributed by atoms with van der Waals surface area (Å²) in [5.41, 5.74) is -0.236. The lowest BCUT2D eigenvalue weighted by molar-refractivity contribution is 0.111. The van der Waals surface area contributed by atoms with Crippen LogP contribution in [-0.2, 0) is 6.42 Å². The predicted molar refractivity (Wildman–Crippen MR) is 47.1 cm³/mol. The van der Waals surface area contributed by atoms with Crippen LogP contribution < -0.4 is 0 Å². The molecule has 1 aromatic carbocycles. The summed E-state index contributed by atoms with van der Waals surface area (Å²) in [5, 5.41) is 9.00. The summed E-state index contributed by atoms with van der Waals surface area (Å²) >= 11 is 0. The number of aliphatic hydroxyl groups is 1. The minimum atomic E-state index is -0.893. The number of halogens is 2. The van der Waals surface area contributed by atoms with Crippen LogP contribution in [0.5, 0.6) is 0 Å². The molecular weight excluding hydrogens is 190 g/mol. The Balaban J connectivity index is 3.07. The van der Waals surface area contributed by atoms with Crippen LogP contribution in [0.4, 0.5) is 8.78 Å². The first kappa shape index (κ1) is 10.8. The van der Waals surface area contributed by atoms with Gasteiger partial charge in [-0.3, -0.25) is 4.79 Å². The average molecular weight is 200 g/mol. The molecule has 1 atom stereocenters. The van der Waals surface area contributed by atoms with Gasteiger partial charge in [-0.15, -0.1) is 0 Å². The lowest BCUT2D eigenvalue weighted by Crippen LogP contribution is -2.06. The Hall–Kier alpha value is -1.29. The molecule has 0 aromatic heterocycles. The van der Waals surface area contributed by atoms with Gasteiger partial charge in [-0.25, -0.2) is 8.78 Å². The molecule has 0 amide bonds. The molecule has 0 radical (unpaired) electrons. The number of carbonyl (C=O) groups is 1. The summed E-state index contributed by atoms with van der Waals surface area (Å²) < 4.78 is 26.0. The maximum Gasteiger partial charge on any atom is 0.155 e. The van der Waals surface area contributed by atoms with Crippen molar-refractivity contribution in [3.05, 3.63) is 34.9 Å². The molecule has 0 fully saturated rings. The van der Waals surface area contributed by atoms with Gasteiger partial charge in [0, 0.05) is 0 Å². The highest BCUT2D eigenvalue weighted by molar-refractivity contribution is 5.75. The van der Waals surface area contributed by atoms with Gasteiger partial charge < -0.3 is 5.11 Å². The van der Waals surface area contributed by atoms with Gasteiger partial charge in [0.05, 0.1) is 11.7 Å². The van der Waals surface area contributed by atoms with Crippen LogP contribution in [-0.4, -0.2) is 17.5 Å². The number of hydrogen-bond acceptors (Lipinski definition) is 2. The molecule has 2 nitrogen and oxygen atoms in total. The molecule has 1 rings (SSSR count). The normalized spacial score (nSPS) is 12.6. The number of carbonyl (C=O) groups excluding carboxylic acids is 1. The summed E-state index contributed by atoms with van der Waals surface area (Å²) in [6.45, 7) is 1.52. The van der Waals surface area contributed by atoms with Crippen molar-refractivity contribution in [2.24, 2.45) is 0 Å². The summed E-state index contributed by atoms with van der Waals surface area (Å²) in [5.74, 6) is -1.79. The van der Waals surface area contributed by atoms with Gasteiger partial charge in [-0.2, -0.15) is 0 Å². The topological polar surface area (TPSA) is 37.3 Å². The first-order valence-corrected chi connectivity index (χ1v) is 4.15. The van der Waals surface area contributed by atoms with Crippen molar-refractivity contribution in [2.75, 3.05) is 0 Å². The molecule has 1 N–H and O–H groups in total. The summed E-state index contributed by atoms with van der Waals surface area (Å²) in [7, 11) is 0. The summed E-state index contributed by atoms with van der Waals surface area (Å²) in [6.07, 6.45) is -0.375. The van der Waals surface area contributed by atoms with E-state index in [1.807, 2.05) is 0 Å². The van der Waals surface area contributed by atoms with Crippen molar-refractivity contribution in [3.8, 4) is 0 Å². The summed E-state index contributed by atoms with van der Waals surface area (Å²) in [4.78, 5) is 10.3. The second-order valence-corrected chi connectivity index (χ2v) is 3.14. The Morgan fingerprint density at radius 3 is 2.29 bits per heavy atom. The predicted octanol–water partition coefficient (Wildman–Crippen LogP) is 1.70. The minimum absolute atomic E-state index is 0.136. The van der Waals surface area contributed by atoms with Crippen molar-refractivity contribution in [1.82, 2.24) is 0 Å². The number of rotatable bonds is 3. The average Bonchev–Trinajstić information content (AvgIpc) is 2.01. The van der Waals surface area contributed by atoms with Crippen LogP contribution in [0.3, 0.4) is 0 Å². The fraction of sp³-hybridized carbons (Fsp3) is 0.300. The molecule has 0 saturated heterocycles. The Morgan fingerprint density at radius 1 is 1.43 bits per heavy atom. The minimum Gasteiger partial charge on any atom is -0.393 e. The molecule has 0 aliphatic rings. The quantitative estimate of drug-likeness (QED) is 0.754. The molecule has 0 bridgehead atoms. The molecule has 14 heavy (non-hydrogen) atoms. The van der Waals surface area contributed by atoms with Crippen molar-refractivity contribution < 1.29 is 18.7 Å². The van der Waals surface area contributed by atoms with Crippen LogP contribution >= 0.6 is 0 Å². The van der Waals surface area contributed by atoms with Gasteiger partial charge in [0.15, 0.2) is 6.29 Å². The van der Waals surface area contributed by atoms with E-state index >= 15 is 0 Å². The zero-order valence-corrected chi connectivity index (χ0v) is 7.63. The summed E-state index contributed by atoms with van der Waals surface area (Å²) in [6, 6.07) is 2.11. The van der Waals surface area contributed by atoms with Gasteiger partial charge >= 0.3 is 0 Å². The molecular formula is C10H10F2O2. The Kier molecular flexibility index (Phi) is 3.30. The molecule has 0 heterocycles. The van der Waals surface area contributed by atoms with E-state index in [0.717, 1.165) is 12.1 Å². The van der Waals surface area contributed by atoms with E-state index in [0.29, 0.717) is 5.56 Å². The SMILES string of the molecule is CC(O)Cc1cc(F)c(C=O)c(F)c1. The fourth-order valence-electron chi connectivity index (χ4n) is 1.21. The third-order valence-electron chi connectivity index (χ3n) is 1.79. The highest BCUT2D eigenvalue weighted by Gasteiger charge is 2.11. The number of hydrogen-bond donors (Lipinski definition) is 1. The zero-order valence-electron chi connectivity index (χ0n) is 7.63. The maximum atomic E-state index is 13.0. The van der Waals surface area contributed by atoms with Gasteiger partial charge in [-0.05, 0) is 31.0 Å². The van der Waals surface area contributed by atoms with E-state index in [9.17, 15) is 13.6 Å². The Bertz CT molecular complexity index is 325. The number of benzene rings is 1. The highest BCUT2D eigenvalue weighted by atomic mass is 19.1. The van der Waals surface area contributed by atoms with E-state index in [4.69, 9.17) is 5.11 Å². The van der Waals surface area contributed by atoms with Crippen LogP contribution in [0.25, 0.3) is 0 Å². The monoisotopic (exact) mass is 200 g/mol. The fourth-order valence-corrected chi connectivity index (χ4v) is 1.21. The molecule has 4 heteroatoms. The van der Waals surface area contributed by atoms with Crippen LogP contribution in [0, 0.1) is 11.6 Å². The largest absolute Gasteiger partial charge is 0.393 e. The van der Waals surface area contributed by atoms with E-state index in [1.54, 1.807) is 0 Å². The van der Waals surface area contributed by atoms with Crippen LogP contribution in [0.1, 0.15) is 22.8 Å². The smallest absolute Gasteiger partial charge is 0.155 e. The Morgan fingerprint density at radius 2 is 1.93 bits per heavy atom. The molecule has 76 valence electrons.